The van der Waals surface area contributed by atoms with E-state index >= 15 is 0 Å². The zero-order valence-corrected chi connectivity index (χ0v) is 31.1. The number of rotatable bonds is 18. The Labute approximate surface area is 301 Å². The molecule has 10 nitrogen and oxygen atoms in total. The molecule has 284 valence electrons. The molecule has 1 aliphatic heterocycles. The first-order chi connectivity index (χ1) is 24.6. The molecule has 50 heavy (non-hydrogen) atoms. The number of phenolic OH excluding ortho intramolecular Hbond substituents is 2. The fourth-order valence-corrected chi connectivity index (χ4v) is 5.79. The van der Waals surface area contributed by atoms with Crippen molar-refractivity contribution >= 4 is 0 Å². The third kappa shape index (κ3) is 18.6. The lowest BCUT2D eigenvalue weighted by atomic mass is 10.1. The molecule has 0 aliphatic carbocycles. The van der Waals surface area contributed by atoms with Crippen molar-refractivity contribution in [3.05, 3.63) is 47.5 Å². The lowest BCUT2D eigenvalue weighted by Gasteiger charge is -2.24. The smallest absolute Gasteiger partial charge is 0.120 e. The van der Waals surface area contributed by atoms with Gasteiger partial charge in [0.25, 0.3) is 0 Å². The highest BCUT2D eigenvalue weighted by Gasteiger charge is 2.14. The van der Waals surface area contributed by atoms with Crippen molar-refractivity contribution < 1.29 is 38.6 Å². The standard InChI is InChI=1S/C40H66N2O8/c1-3-5-7-9-11-21-49-37-13-15-39(43)35(31-37)33-41-17-23-45-27-29-47-25-19-42(20-26-48-30-28-46-24-18-41)34-36-32-38(14-16-40(36)44)50-22-12-10-8-6-4-2/h13-16,31-32,43-44H,3-12,17-30,33-34H2,1-2H3. The van der Waals surface area contributed by atoms with E-state index in [-0.39, 0.29) is 11.5 Å². The Morgan fingerprint density at radius 3 is 1.22 bits per heavy atom. The molecule has 0 spiro atoms. The zero-order chi connectivity index (χ0) is 35.5. The minimum Gasteiger partial charge on any atom is -0.508 e. The van der Waals surface area contributed by atoms with Gasteiger partial charge in [-0.25, -0.2) is 0 Å². The van der Waals surface area contributed by atoms with E-state index in [1.165, 1.54) is 51.4 Å². The van der Waals surface area contributed by atoms with Crippen LogP contribution in [-0.4, -0.2) is 112 Å². The topological polar surface area (TPSA) is 102 Å². The van der Waals surface area contributed by atoms with Crippen LogP contribution in [0.3, 0.4) is 0 Å². The lowest BCUT2D eigenvalue weighted by molar-refractivity contribution is 0.00610. The van der Waals surface area contributed by atoms with Crippen LogP contribution in [0.25, 0.3) is 0 Å². The van der Waals surface area contributed by atoms with Crippen LogP contribution in [0.1, 0.15) is 89.2 Å². The summed E-state index contributed by atoms with van der Waals surface area (Å²) in [6.07, 6.45) is 11.9. The number of phenols is 2. The van der Waals surface area contributed by atoms with Crippen LogP contribution < -0.4 is 9.47 Å². The molecule has 3 rings (SSSR count). The van der Waals surface area contributed by atoms with E-state index in [1.807, 2.05) is 24.3 Å². The fourth-order valence-electron chi connectivity index (χ4n) is 5.79. The van der Waals surface area contributed by atoms with Crippen molar-refractivity contribution in [2.24, 2.45) is 0 Å². The van der Waals surface area contributed by atoms with Crippen LogP contribution >= 0.6 is 0 Å². The van der Waals surface area contributed by atoms with Crippen molar-refractivity contribution in [3.8, 4) is 23.0 Å². The van der Waals surface area contributed by atoms with Crippen LogP contribution in [0.2, 0.25) is 0 Å². The molecule has 10 heteroatoms. The Balaban J connectivity index is 1.45. The zero-order valence-electron chi connectivity index (χ0n) is 31.1. The van der Waals surface area contributed by atoms with Crippen molar-refractivity contribution in [1.82, 2.24) is 9.80 Å². The fraction of sp³-hybridized carbons (Fsp3) is 0.700. The van der Waals surface area contributed by atoms with Crippen LogP contribution in [0.15, 0.2) is 36.4 Å². The summed E-state index contributed by atoms with van der Waals surface area (Å²) in [6, 6.07) is 11.0. The van der Waals surface area contributed by atoms with E-state index < -0.39 is 0 Å². The minimum atomic E-state index is 0.266. The number of ether oxygens (including phenoxy) is 6. The van der Waals surface area contributed by atoms with E-state index in [0.29, 0.717) is 105 Å². The summed E-state index contributed by atoms with van der Waals surface area (Å²) in [6.45, 7) is 13.9. The van der Waals surface area contributed by atoms with Gasteiger partial charge < -0.3 is 38.6 Å². The first kappa shape index (κ1) is 41.8. The Morgan fingerprint density at radius 2 is 0.860 bits per heavy atom. The van der Waals surface area contributed by atoms with Gasteiger partial charge >= 0.3 is 0 Å². The summed E-state index contributed by atoms with van der Waals surface area (Å²) in [5.74, 6) is 2.11. The van der Waals surface area contributed by atoms with Gasteiger partial charge in [0.2, 0.25) is 0 Å². The molecule has 0 radical (unpaired) electrons. The Morgan fingerprint density at radius 1 is 0.500 bits per heavy atom. The second-order valence-electron chi connectivity index (χ2n) is 13.1. The van der Waals surface area contributed by atoms with Crippen molar-refractivity contribution in [2.75, 3.05) is 92.2 Å². The van der Waals surface area contributed by atoms with Gasteiger partial charge in [0.15, 0.2) is 0 Å². The number of hydrogen-bond acceptors (Lipinski definition) is 10. The maximum atomic E-state index is 10.6. The van der Waals surface area contributed by atoms with Crippen LogP contribution in [0.4, 0.5) is 0 Å². The Hall–Kier alpha value is -2.60. The molecule has 0 saturated carbocycles. The quantitative estimate of drug-likeness (QED) is 0.155. The summed E-state index contributed by atoms with van der Waals surface area (Å²) in [4.78, 5) is 4.46. The molecule has 2 N–H and O–H groups in total. The normalized spacial score (nSPS) is 16.8. The number of nitrogens with zero attached hydrogens (tertiary/aromatic N) is 2. The predicted octanol–water partition coefficient (Wildman–Crippen LogP) is 7.18. The monoisotopic (exact) mass is 702 g/mol. The second kappa shape index (κ2) is 27.1. The van der Waals surface area contributed by atoms with Gasteiger partial charge in [-0.1, -0.05) is 65.2 Å². The maximum absolute atomic E-state index is 10.6. The third-order valence-electron chi connectivity index (χ3n) is 8.87. The first-order valence-electron chi connectivity index (χ1n) is 19.2. The summed E-state index contributed by atoms with van der Waals surface area (Å²) < 4.78 is 35.7. The van der Waals surface area contributed by atoms with E-state index in [2.05, 4.69) is 23.6 Å². The molecule has 1 saturated heterocycles. The predicted molar refractivity (Wildman–Crippen MR) is 199 cm³/mol. The maximum Gasteiger partial charge on any atom is 0.120 e. The first-order valence-corrected chi connectivity index (χ1v) is 19.2. The molecule has 0 aromatic heterocycles. The molecule has 1 aliphatic rings. The van der Waals surface area contributed by atoms with E-state index in [4.69, 9.17) is 28.4 Å². The number of aromatic hydroxyl groups is 2. The molecule has 1 heterocycles. The lowest BCUT2D eigenvalue weighted by Crippen LogP contribution is -2.32. The van der Waals surface area contributed by atoms with Gasteiger partial charge in [0, 0.05) is 50.4 Å². The molecular weight excluding hydrogens is 636 g/mol. The van der Waals surface area contributed by atoms with Gasteiger partial charge in [0.1, 0.15) is 23.0 Å². The second-order valence-corrected chi connectivity index (χ2v) is 13.1. The molecule has 0 atom stereocenters. The van der Waals surface area contributed by atoms with Crippen molar-refractivity contribution in [1.29, 1.82) is 0 Å². The molecule has 2 aromatic carbocycles. The molecule has 0 bridgehead atoms. The summed E-state index contributed by atoms with van der Waals surface area (Å²) >= 11 is 0. The Bertz CT molecular complexity index is 1030. The van der Waals surface area contributed by atoms with Gasteiger partial charge in [-0.2, -0.15) is 0 Å². The number of unbranched alkanes of at least 4 members (excludes halogenated alkanes) is 8. The molecule has 0 unspecified atom stereocenters. The van der Waals surface area contributed by atoms with Crippen molar-refractivity contribution in [3.63, 3.8) is 0 Å². The van der Waals surface area contributed by atoms with Gasteiger partial charge in [-0.05, 0) is 49.2 Å². The Kier molecular flexibility index (Phi) is 22.7. The van der Waals surface area contributed by atoms with Crippen LogP contribution in [-0.2, 0) is 32.0 Å². The van der Waals surface area contributed by atoms with Crippen LogP contribution in [0, 0.1) is 0 Å². The highest BCUT2D eigenvalue weighted by molar-refractivity contribution is 5.40. The molecule has 2 aromatic rings. The van der Waals surface area contributed by atoms with Crippen molar-refractivity contribution in [2.45, 2.75) is 91.1 Å². The number of benzene rings is 2. The summed E-state index contributed by atoms with van der Waals surface area (Å²) in [5.41, 5.74) is 1.66. The highest BCUT2D eigenvalue weighted by atomic mass is 16.5. The molecular formula is C40H66N2O8. The van der Waals surface area contributed by atoms with Gasteiger partial charge in [-0.15, -0.1) is 0 Å². The summed E-state index contributed by atoms with van der Waals surface area (Å²) in [5, 5.41) is 21.2. The van der Waals surface area contributed by atoms with Gasteiger partial charge in [0.05, 0.1) is 66.1 Å². The largest absolute Gasteiger partial charge is 0.508 e. The van der Waals surface area contributed by atoms with E-state index in [9.17, 15) is 10.2 Å². The SMILES string of the molecule is CCCCCCCOc1ccc(O)c(CN2CCOCCOCCN(Cc3cc(OCCCCCCC)ccc3O)CCOCCOCC2)c1. The number of hydrogen-bond donors (Lipinski definition) is 2. The minimum absolute atomic E-state index is 0.266. The highest BCUT2D eigenvalue weighted by Crippen LogP contribution is 2.26. The van der Waals surface area contributed by atoms with Crippen LogP contribution in [0.5, 0.6) is 23.0 Å². The van der Waals surface area contributed by atoms with E-state index in [1.54, 1.807) is 12.1 Å². The average Bonchev–Trinajstić information content (AvgIpc) is 3.11. The summed E-state index contributed by atoms with van der Waals surface area (Å²) in [7, 11) is 0. The third-order valence-corrected chi connectivity index (χ3v) is 8.87. The molecule has 1 fully saturated rings. The van der Waals surface area contributed by atoms with Gasteiger partial charge in [-0.3, -0.25) is 9.80 Å². The average molecular weight is 703 g/mol. The van der Waals surface area contributed by atoms with E-state index in [0.717, 1.165) is 35.5 Å². The molecule has 0 amide bonds.